The second-order valence-corrected chi connectivity index (χ2v) is 4.49. The van der Waals surface area contributed by atoms with Gasteiger partial charge in [0.05, 0.1) is 13.2 Å². The molecule has 4 heteroatoms. The fourth-order valence-corrected chi connectivity index (χ4v) is 2.27. The van der Waals surface area contributed by atoms with Gasteiger partial charge in [-0.1, -0.05) is 12.1 Å². The Morgan fingerprint density at radius 3 is 2.74 bits per heavy atom. The standard InChI is InChI=1S/C15H17N3O/c1-11(17)15(18-8-4-6-13(18)10-16)12-5-3-7-14(9-12)19-2/h3-9,11,15H,17H2,1-2H3. The van der Waals surface area contributed by atoms with E-state index in [1.807, 2.05) is 48.0 Å². The number of hydrogen-bond donors (Lipinski definition) is 1. The second kappa shape index (κ2) is 5.59. The molecule has 1 aromatic heterocycles. The Bertz CT molecular complexity index is 595. The zero-order valence-electron chi connectivity index (χ0n) is 11.1. The van der Waals surface area contributed by atoms with E-state index in [4.69, 9.17) is 15.7 Å². The van der Waals surface area contributed by atoms with Gasteiger partial charge in [-0.05, 0) is 36.8 Å². The van der Waals surface area contributed by atoms with E-state index in [1.54, 1.807) is 13.2 Å². The first-order chi connectivity index (χ1) is 9.17. The lowest BCUT2D eigenvalue weighted by Gasteiger charge is -2.24. The van der Waals surface area contributed by atoms with E-state index >= 15 is 0 Å². The number of nitrogens with two attached hydrogens (primary N) is 1. The first kappa shape index (κ1) is 13.2. The van der Waals surface area contributed by atoms with Crippen molar-refractivity contribution in [3.05, 3.63) is 53.9 Å². The second-order valence-electron chi connectivity index (χ2n) is 4.49. The van der Waals surface area contributed by atoms with Crippen molar-refractivity contribution in [2.24, 2.45) is 5.73 Å². The molecule has 0 spiro atoms. The normalized spacial score (nSPS) is 13.6. The van der Waals surface area contributed by atoms with E-state index in [1.165, 1.54) is 0 Å². The number of nitriles is 1. The molecule has 0 bridgehead atoms. The Morgan fingerprint density at radius 2 is 2.11 bits per heavy atom. The maximum atomic E-state index is 9.15. The van der Waals surface area contributed by atoms with Crippen LogP contribution < -0.4 is 10.5 Å². The van der Waals surface area contributed by atoms with Gasteiger partial charge in [0.1, 0.15) is 17.5 Å². The Hall–Kier alpha value is -2.25. The third-order valence-corrected chi connectivity index (χ3v) is 3.13. The van der Waals surface area contributed by atoms with Crippen LogP contribution in [-0.4, -0.2) is 17.7 Å². The Kier molecular flexibility index (Phi) is 3.88. The fourth-order valence-electron chi connectivity index (χ4n) is 2.27. The van der Waals surface area contributed by atoms with Crippen molar-refractivity contribution in [2.75, 3.05) is 7.11 Å². The van der Waals surface area contributed by atoms with Crippen molar-refractivity contribution in [2.45, 2.75) is 19.0 Å². The molecule has 2 atom stereocenters. The molecule has 2 unspecified atom stereocenters. The first-order valence-corrected chi connectivity index (χ1v) is 6.14. The van der Waals surface area contributed by atoms with Gasteiger partial charge in [-0.3, -0.25) is 0 Å². The van der Waals surface area contributed by atoms with Gasteiger partial charge in [-0.2, -0.15) is 5.26 Å². The summed E-state index contributed by atoms with van der Waals surface area (Å²) in [7, 11) is 1.64. The van der Waals surface area contributed by atoms with Crippen LogP contribution in [0.25, 0.3) is 0 Å². The molecule has 2 N–H and O–H groups in total. The first-order valence-electron chi connectivity index (χ1n) is 6.14. The van der Waals surface area contributed by atoms with Crippen LogP contribution >= 0.6 is 0 Å². The quantitative estimate of drug-likeness (QED) is 0.911. The largest absolute Gasteiger partial charge is 0.497 e. The van der Waals surface area contributed by atoms with Crippen molar-refractivity contribution in [1.29, 1.82) is 5.26 Å². The average Bonchev–Trinajstić information content (AvgIpc) is 2.87. The van der Waals surface area contributed by atoms with Crippen LogP contribution in [0.5, 0.6) is 5.75 Å². The van der Waals surface area contributed by atoms with Crippen LogP contribution in [0.4, 0.5) is 0 Å². The topological polar surface area (TPSA) is 64.0 Å². The maximum absolute atomic E-state index is 9.15. The molecule has 4 nitrogen and oxygen atoms in total. The summed E-state index contributed by atoms with van der Waals surface area (Å²) in [6.07, 6.45) is 1.88. The SMILES string of the molecule is COc1cccc(C(C(C)N)n2cccc2C#N)c1. The summed E-state index contributed by atoms with van der Waals surface area (Å²) in [6, 6.07) is 13.4. The van der Waals surface area contributed by atoms with Gasteiger partial charge >= 0.3 is 0 Å². The monoisotopic (exact) mass is 255 g/mol. The number of aromatic nitrogens is 1. The van der Waals surface area contributed by atoms with Crippen molar-refractivity contribution in [3.8, 4) is 11.8 Å². The van der Waals surface area contributed by atoms with Crippen LogP contribution in [-0.2, 0) is 0 Å². The van der Waals surface area contributed by atoms with Crippen LogP contribution in [0.3, 0.4) is 0 Å². The molecule has 0 aliphatic heterocycles. The molecular weight excluding hydrogens is 238 g/mol. The minimum Gasteiger partial charge on any atom is -0.497 e. The summed E-state index contributed by atoms with van der Waals surface area (Å²) >= 11 is 0. The number of rotatable bonds is 4. The highest BCUT2D eigenvalue weighted by Crippen LogP contribution is 2.26. The molecule has 98 valence electrons. The minimum absolute atomic E-state index is 0.0836. The van der Waals surface area contributed by atoms with Gasteiger partial charge in [0.25, 0.3) is 0 Å². The molecule has 1 aromatic carbocycles. The fraction of sp³-hybridized carbons (Fsp3) is 0.267. The van der Waals surface area contributed by atoms with Crippen molar-refractivity contribution >= 4 is 0 Å². The average molecular weight is 255 g/mol. The lowest BCUT2D eigenvalue weighted by Crippen LogP contribution is -2.30. The predicted octanol–water partition coefficient (Wildman–Crippen LogP) is 2.30. The van der Waals surface area contributed by atoms with E-state index in [0.717, 1.165) is 11.3 Å². The van der Waals surface area contributed by atoms with E-state index in [2.05, 4.69) is 6.07 Å². The van der Waals surface area contributed by atoms with Crippen LogP contribution in [0.1, 0.15) is 24.2 Å². The molecule has 2 aromatic rings. The highest BCUT2D eigenvalue weighted by atomic mass is 16.5. The molecule has 2 rings (SSSR count). The lowest BCUT2D eigenvalue weighted by atomic mass is 10.00. The van der Waals surface area contributed by atoms with E-state index in [-0.39, 0.29) is 12.1 Å². The third-order valence-electron chi connectivity index (χ3n) is 3.13. The van der Waals surface area contributed by atoms with Gasteiger partial charge < -0.3 is 15.0 Å². The van der Waals surface area contributed by atoms with Crippen LogP contribution in [0.15, 0.2) is 42.6 Å². The summed E-state index contributed by atoms with van der Waals surface area (Å²) in [5.74, 6) is 0.786. The molecule has 0 fully saturated rings. The van der Waals surface area contributed by atoms with Gasteiger partial charge in [-0.25, -0.2) is 0 Å². The molecule has 0 radical (unpaired) electrons. The molecule has 1 heterocycles. The Morgan fingerprint density at radius 1 is 1.32 bits per heavy atom. The van der Waals surface area contributed by atoms with Crippen LogP contribution in [0.2, 0.25) is 0 Å². The summed E-state index contributed by atoms with van der Waals surface area (Å²) in [5, 5.41) is 9.15. The van der Waals surface area contributed by atoms with E-state index in [0.29, 0.717) is 5.69 Å². The number of nitrogens with zero attached hydrogens (tertiary/aromatic N) is 2. The van der Waals surface area contributed by atoms with Gasteiger partial charge in [0.15, 0.2) is 0 Å². The highest BCUT2D eigenvalue weighted by molar-refractivity contribution is 5.34. The number of benzene rings is 1. The smallest absolute Gasteiger partial charge is 0.120 e. The molecule has 0 aliphatic carbocycles. The van der Waals surface area contributed by atoms with Crippen LogP contribution in [0, 0.1) is 11.3 Å². The number of hydrogen-bond acceptors (Lipinski definition) is 3. The van der Waals surface area contributed by atoms with E-state index < -0.39 is 0 Å². The minimum atomic E-state index is -0.119. The van der Waals surface area contributed by atoms with Crippen molar-refractivity contribution in [1.82, 2.24) is 4.57 Å². The molecule has 19 heavy (non-hydrogen) atoms. The Balaban J connectivity index is 2.49. The predicted molar refractivity (Wildman–Crippen MR) is 73.9 cm³/mol. The number of ether oxygens (including phenoxy) is 1. The maximum Gasteiger partial charge on any atom is 0.120 e. The Labute approximate surface area is 113 Å². The van der Waals surface area contributed by atoms with E-state index in [9.17, 15) is 0 Å². The zero-order chi connectivity index (χ0) is 13.8. The summed E-state index contributed by atoms with van der Waals surface area (Å²) in [4.78, 5) is 0. The number of methoxy groups -OCH3 is 1. The summed E-state index contributed by atoms with van der Waals surface area (Å²) < 4.78 is 7.15. The van der Waals surface area contributed by atoms with Crippen molar-refractivity contribution < 1.29 is 4.74 Å². The van der Waals surface area contributed by atoms with Gasteiger partial charge in [-0.15, -0.1) is 0 Å². The summed E-state index contributed by atoms with van der Waals surface area (Å²) in [5.41, 5.74) is 7.74. The van der Waals surface area contributed by atoms with Crippen molar-refractivity contribution in [3.63, 3.8) is 0 Å². The molecule has 0 saturated carbocycles. The molecule has 0 saturated heterocycles. The third kappa shape index (κ3) is 2.61. The zero-order valence-corrected chi connectivity index (χ0v) is 11.1. The molecular formula is C15H17N3O. The molecule has 0 amide bonds. The molecule has 0 aliphatic rings. The lowest BCUT2D eigenvalue weighted by molar-refractivity contribution is 0.412. The summed E-state index contributed by atoms with van der Waals surface area (Å²) in [6.45, 7) is 1.94. The van der Waals surface area contributed by atoms with Gasteiger partial charge in [0.2, 0.25) is 0 Å². The van der Waals surface area contributed by atoms with Gasteiger partial charge in [0, 0.05) is 12.2 Å². The highest BCUT2D eigenvalue weighted by Gasteiger charge is 2.20.